The number of thioether (sulfide) groups is 1. The SMILES string of the molecule is CC[C@@]1(C)Cc2c(sc3nc(SC(C)C)nc(NCc4ccccn4)c23)CO1. The van der Waals surface area contributed by atoms with Crippen molar-refractivity contribution in [2.45, 2.75) is 69.7 Å². The summed E-state index contributed by atoms with van der Waals surface area (Å²) in [5.41, 5.74) is 2.23. The molecule has 0 spiro atoms. The van der Waals surface area contributed by atoms with Crippen LogP contribution in [0.25, 0.3) is 10.2 Å². The van der Waals surface area contributed by atoms with Crippen LogP contribution in [0, 0.1) is 0 Å². The molecule has 0 unspecified atom stereocenters. The first-order valence-electron chi connectivity index (χ1n) is 9.74. The number of nitrogens with zero attached hydrogens (tertiary/aromatic N) is 3. The van der Waals surface area contributed by atoms with E-state index in [1.54, 1.807) is 23.1 Å². The second kappa shape index (κ2) is 7.97. The number of rotatable bonds is 6. The fourth-order valence-electron chi connectivity index (χ4n) is 3.35. The highest BCUT2D eigenvalue weighted by atomic mass is 32.2. The number of aromatic nitrogens is 3. The summed E-state index contributed by atoms with van der Waals surface area (Å²) < 4.78 is 6.16. The van der Waals surface area contributed by atoms with E-state index < -0.39 is 0 Å². The molecule has 1 aliphatic heterocycles. The Kier molecular flexibility index (Phi) is 5.58. The lowest BCUT2D eigenvalue weighted by Crippen LogP contribution is -2.33. The van der Waals surface area contributed by atoms with Crippen LogP contribution in [0.4, 0.5) is 5.82 Å². The largest absolute Gasteiger partial charge is 0.369 e. The lowest BCUT2D eigenvalue weighted by Gasteiger charge is -2.33. The number of nitrogens with one attached hydrogen (secondary N) is 1. The molecule has 0 amide bonds. The van der Waals surface area contributed by atoms with Gasteiger partial charge in [-0.1, -0.05) is 38.6 Å². The highest BCUT2D eigenvalue weighted by Gasteiger charge is 2.33. The molecule has 0 aliphatic carbocycles. The molecule has 3 aromatic heterocycles. The molecule has 148 valence electrons. The zero-order valence-electron chi connectivity index (χ0n) is 16.8. The molecule has 3 aromatic rings. The van der Waals surface area contributed by atoms with Crippen LogP contribution in [-0.4, -0.2) is 25.8 Å². The van der Waals surface area contributed by atoms with Crippen molar-refractivity contribution in [2.75, 3.05) is 5.32 Å². The quantitative estimate of drug-likeness (QED) is 0.428. The summed E-state index contributed by atoms with van der Waals surface area (Å²) in [6.45, 7) is 10.0. The number of fused-ring (bicyclic) bond motifs is 3. The zero-order valence-corrected chi connectivity index (χ0v) is 18.4. The first-order chi connectivity index (χ1) is 13.5. The predicted octanol–water partition coefficient (Wildman–Crippen LogP) is 5.44. The van der Waals surface area contributed by atoms with Crippen molar-refractivity contribution in [3.05, 3.63) is 40.5 Å². The van der Waals surface area contributed by atoms with E-state index in [4.69, 9.17) is 14.7 Å². The first kappa shape index (κ1) is 19.6. The Bertz CT molecular complexity index is 973. The molecule has 0 saturated carbocycles. The van der Waals surface area contributed by atoms with Gasteiger partial charge in [0.25, 0.3) is 0 Å². The third kappa shape index (κ3) is 4.02. The molecule has 1 N–H and O–H groups in total. The van der Waals surface area contributed by atoms with E-state index in [1.807, 2.05) is 24.4 Å². The minimum atomic E-state index is -0.120. The highest BCUT2D eigenvalue weighted by Crippen LogP contribution is 2.42. The first-order valence-corrected chi connectivity index (χ1v) is 11.4. The summed E-state index contributed by atoms with van der Waals surface area (Å²) in [6.07, 6.45) is 3.71. The van der Waals surface area contributed by atoms with Crippen LogP contribution >= 0.6 is 23.1 Å². The molecule has 5 nitrogen and oxygen atoms in total. The average Bonchev–Trinajstić information content (AvgIpc) is 3.04. The van der Waals surface area contributed by atoms with Crippen molar-refractivity contribution < 1.29 is 4.74 Å². The molecule has 0 saturated heterocycles. The maximum absolute atomic E-state index is 6.16. The number of anilines is 1. The average molecular weight is 415 g/mol. The second-order valence-electron chi connectivity index (χ2n) is 7.65. The summed E-state index contributed by atoms with van der Waals surface area (Å²) in [5, 5.41) is 5.95. The smallest absolute Gasteiger partial charge is 0.191 e. The monoisotopic (exact) mass is 414 g/mol. The third-order valence-corrected chi connectivity index (χ3v) is 7.03. The van der Waals surface area contributed by atoms with Gasteiger partial charge < -0.3 is 10.1 Å². The molecular weight excluding hydrogens is 388 g/mol. The van der Waals surface area contributed by atoms with Crippen LogP contribution in [-0.2, 0) is 24.3 Å². The van der Waals surface area contributed by atoms with Crippen molar-refractivity contribution >= 4 is 39.1 Å². The van der Waals surface area contributed by atoms with Crippen LogP contribution in [0.5, 0.6) is 0 Å². The molecule has 1 atom stereocenters. The summed E-state index contributed by atoms with van der Waals surface area (Å²) in [5.74, 6) is 0.914. The van der Waals surface area contributed by atoms with Crippen molar-refractivity contribution in [1.82, 2.24) is 15.0 Å². The topological polar surface area (TPSA) is 59.9 Å². The van der Waals surface area contributed by atoms with E-state index in [9.17, 15) is 0 Å². The number of ether oxygens (including phenoxy) is 1. The van der Waals surface area contributed by atoms with Crippen LogP contribution in [0.1, 0.15) is 50.3 Å². The van der Waals surface area contributed by atoms with Gasteiger partial charge in [0.2, 0.25) is 0 Å². The van der Waals surface area contributed by atoms with Gasteiger partial charge in [-0.05, 0) is 31.0 Å². The van der Waals surface area contributed by atoms with E-state index in [0.717, 1.165) is 39.7 Å². The Morgan fingerprint density at radius 2 is 2.18 bits per heavy atom. The van der Waals surface area contributed by atoms with E-state index in [2.05, 4.69) is 38.0 Å². The normalized spacial score (nSPS) is 19.2. The Morgan fingerprint density at radius 1 is 1.32 bits per heavy atom. The molecule has 0 radical (unpaired) electrons. The number of hydrogen-bond donors (Lipinski definition) is 1. The number of hydrogen-bond acceptors (Lipinski definition) is 7. The van der Waals surface area contributed by atoms with Gasteiger partial charge in [0, 0.05) is 22.7 Å². The summed E-state index contributed by atoms with van der Waals surface area (Å²) in [7, 11) is 0. The summed E-state index contributed by atoms with van der Waals surface area (Å²) in [4.78, 5) is 16.5. The maximum atomic E-state index is 6.16. The van der Waals surface area contributed by atoms with E-state index in [1.165, 1.54) is 10.4 Å². The molecule has 0 aromatic carbocycles. The van der Waals surface area contributed by atoms with Gasteiger partial charge in [0.05, 0.1) is 29.8 Å². The summed E-state index contributed by atoms with van der Waals surface area (Å²) >= 11 is 3.44. The molecule has 0 fully saturated rings. The molecule has 28 heavy (non-hydrogen) atoms. The van der Waals surface area contributed by atoms with Gasteiger partial charge >= 0.3 is 0 Å². The van der Waals surface area contributed by atoms with Gasteiger partial charge in [0.15, 0.2) is 5.16 Å². The van der Waals surface area contributed by atoms with Crippen LogP contribution in [0.2, 0.25) is 0 Å². The van der Waals surface area contributed by atoms with Crippen molar-refractivity contribution in [1.29, 1.82) is 0 Å². The maximum Gasteiger partial charge on any atom is 0.191 e. The van der Waals surface area contributed by atoms with Gasteiger partial charge in [-0.3, -0.25) is 4.98 Å². The van der Waals surface area contributed by atoms with E-state index in [-0.39, 0.29) is 5.60 Å². The third-order valence-electron chi connectivity index (χ3n) is 5.07. The molecule has 0 bridgehead atoms. The van der Waals surface area contributed by atoms with Gasteiger partial charge in [-0.25, -0.2) is 9.97 Å². The Balaban J connectivity index is 1.76. The van der Waals surface area contributed by atoms with Gasteiger partial charge in [0.1, 0.15) is 10.6 Å². The van der Waals surface area contributed by atoms with Crippen molar-refractivity contribution in [3.8, 4) is 0 Å². The molecular formula is C21H26N4OS2. The predicted molar refractivity (Wildman–Crippen MR) is 117 cm³/mol. The Morgan fingerprint density at radius 3 is 2.89 bits per heavy atom. The summed E-state index contributed by atoms with van der Waals surface area (Å²) in [6, 6.07) is 5.97. The Hall–Kier alpha value is -1.70. The fraction of sp³-hybridized carbons (Fsp3) is 0.476. The Labute approximate surface area is 174 Å². The zero-order chi connectivity index (χ0) is 19.7. The number of pyridine rings is 1. The minimum absolute atomic E-state index is 0.120. The molecule has 7 heteroatoms. The standard InChI is InChI=1S/C21H26N4OS2/c1-5-21(4)10-15-16(12-26-21)28-19-17(15)18(24-20(25-19)27-13(2)3)23-11-14-8-6-7-9-22-14/h6-9,13H,5,10-12H2,1-4H3,(H,23,24,25)/t21-/m0/s1. The van der Waals surface area contributed by atoms with Gasteiger partial charge in [-0.2, -0.15) is 0 Å². The second-order valence-corrected chi connectivity index (χ2v) is 10.3. The van der Waals surface area contributed by atoms with E-state index in [0.29, 0.717) is 18.4 Å². The molecule has 4 rings (SSSR count). The molecule has 4 heterocycles. The fourth-order valence-corrected chi connectivity index (χ4v) is 5.22. The minimum Gasteiger partial charge on any atom is -0.369 e. The van der Waals surface area contributed by atoms with E-state index >= 15 is 0 Å². The molecule has 1 aliphatic rings. The van der Waals surface area contributed by atoms with Gasteiger partial charge in [-0.15, -0.1) is 11.3 Å². The highest BCUT2D eigenvalue weighted by molar-refractivity contribution is 7.99. The van der Waals surface area contributed by atoms with Crippen LogP contribution in [0.3, 0.4) is 0 Å². The van der Waals surface area contributed by atoms with Crippen LogP contribution < -0.4 is 5.32 Å². The van der Waals surface area contributed by atoms with Crippen molar-refractivity contribution in [2.24, 2.45) is 0 Å². The van der Waals surface area contributed by atoms with Crippen molar-refractivity contribution in [3.63, 3.8) is 0 Å². The lowest BCUT2D eigenvalue weighted by atomic mass is 9.90. The number of thiophene rings is 1. The lowest BCUT2D eigenvalue weighted by molar-refractivity contribution is -0.0542. The van der Waals surface area contributed by atoms with Crippen LogP contribution in [0.15, 0.2) is 29.6 Å².